The summed E-state index contributed by atoms with van der Waals surface area (Å²) in [5, 5.41) is 15.9. The summed E-state index contributed by atoms with van der Waals surface area (Å²) in [7, 11) is 0. The molecule has 1 atom stereocenters. The molecule has 1 aliphatic carbocycles. The zero-order chi connectivity index (χ0) is 19.8. The van der Waals surface area contributed by atoms with E-state index in [9.17, 15) is 4.79 Å². The molecule has 1 aliphatic heterocycles. The van der Waals surface area contributed by atoms with E-state index in [2.05, 4.69) is 10.2 Å². The third-order valence-corrected chi connectivity index (χ3v) is 5.21. The van der Waals surface area contributed by atoms with Gasteiger partial charge in [0.05, 0.1) is 29.9 Å². The molecule has 4 heterocycles. The van der Waals surface area contributed by atoms with Gasteiger partial charge in [0.15, 0.2) is 5.82 Å². The maximum absolute atomic E-state index is 13.1. The molecule has 9 heteroatoms. The molecule has 3 aromatic rings. The van der Waals surface area contributed by atoms with Crippen molar-refractivity contribution in [3.63, 3.8) is 0 Å². The maximum atomic E-state index is 13.1. The zero-order valence-corrected chi connectivity index (χ0v) is 15.8. The second-order valence-corrected chi connectivity index (χ2v) is 7.20. The van der Waals surface area contributed by atoms with Gasteiger partial charge in [-0.3, -0.25) is 9.59 Å². The Balaban J connectivity index is 0.000000604. The van der Waals surface area contributed by atoms with Crippen LogP contribution in [0.1, 0.15) is 59.3 Å². The normalized spacial score (nSPS) is 18.4. The number of hydrogen-bond acceptors (Lipinski definition) is 5. The van der Waals surface area contributed by atoms with Crippen LogP contribution in [-0.2, 0) is 11.3 Å². The highest BCUT2D eigenvalue weighted by atomic mass is 16.3. The number of fused-ring (bicyclic) bond motifs is 2. The third kappa shape index (κ3) is 3.12. The molecular weight excluding hydrogens is 360 g/mol. The molecule has 0 saturated heterocycles. The van der Waals surface area contributed by atoms with Gasteiger partial charge in [0.2, 0.25) is 0 Å². The van der Waals surface area contributed by atoms with Crippen LogP contribution >= 0.6 is 0 Å². The summed E-state index contributed by atoms with van der Waals surface area (Å²) in [6.07, 6.45) is 5.97. The predicted octanol–water partition coefficient (Wildman–Crippen LogP) is 2.03. The topological polar surface area (TPSA) is 106 Å². The number of aromatic nitrogens is 5. The standard InChI is InChI=1S/C18H20N6O.CH2O2/c1-11-3-6-15-14(9-19-24(15)10-11)18(25)22-7-8-23-17(12(22)2)20-16(21-23)13-4-5-13;2-1-3/h3,6,9-10,12-13H,4-5,7-8H2,1-2H3;1H,(H,2,3)/t12-;/m1./s1. The van der Waals surface area contributed by atoms with E-state index in [1.165, 1.54) is 12.8 Å². The minimum Gasteiger partial charge on any atom is -0.483 e. The first-order chi connectivity index (χ1) is 13.5. The SMILES string of the molecule is Cc1ccc2c(C(=O)N3CCn4nc(C5CC5)nc4[C@H]3C)cnn2c1.O=CO. The molecule has 0 unspecified atom stereocenters. The predicted molar refractivity (Wildman–Crippen MR) is 100 cm³/mol. The number of carbonyl (C=O) groups excluding carboxylic acids is 1. The van der Waals surface area contributed by atoms with E-state index in [-0.39, 0.29) is 18.4 Å². The second kappa shape index (κ2) is 7.06. The van der Waals surface area contributed by atoms with Gasteiger partial charge in [-0.1, -0.05) is 6.07 Å². The van der Waals surface area contributed by atoms with Crippen LogP contribution in [-0.4, -0.2) is 53.3 Å². The lowest BCUT2D eigenvalue weighted by Crippen LogP contribution is -2.41. The molecule has 3 aromatic heterocycles. The number of amides is 1. The fourth-order valence-electron chi connectivity index (χ4n) is 3.58. The summed E-state index contributed by atoms with van der Waals surface area (Å²) in [6.45, 7) is 5.14. The van der Waals surface area contributed by atoms with Gasteiger partial charge in [-0.2, -0.15) is 10.2 Å². The van der Waals surface area contributed by atoms with Crippen LogP contribution in [0.4, 0.5) is 0 Å². The smallest absolute Gasteiger partial charge is 0.290 e. The minimum atomic E-state index is -0.250. The molecule has 1 saturated carbocycles. The lowest BCUT2D eigenvalue weighted by molar-refractivity contribution is -0.122. The Morgan fingerprint density at radius 2 is 2.04 bits per heavy atom. The van der Waals surface area contributed by atoms with Gasteiger partial charge >= 0.3 is 0 Å². The molecule has 0 spiro atoms. The molecule has 9 nitrogen and oxygen atoms in total. The molecular formula is C19H22N6O3. The summed E-state index contributed by atoms with van der Waals surface area (Å²) in [4.78, 5) is 28.1. The lowest BCUT2D eigenvalue weighted by Gasteiger charge is -2.32. The van der Waals surface area contributed by atoms with Gasteiger partial charge < -0.3 is 10.0 Å². The molecule has 5 rings (SSSR count). The molecule has 1 amide bonds. The summed E-state index contributed by atoms with van der Waals surface area (Å²) in [6, 6.07) is 3.88. The van der Waals surface area contributed by atoms with Crippen LogP contribution in [0, 0.1) is 6.92 Å². The quantitative estimate of drug-likeness (QED) is 0.680. The highest BCUT2D eigenvalue weighted by Crippen LogP contribution is 2.39. The van der Waals surface area contributed by atoms with Crippen molar-refractivity contribution in [3.8, 4) is 0 Å². The van der Waals surface area contributed by atoms with Crippen molar-refractivity contribution in [1.29, 1.82) is 0 Å². The Labute approximate surface area is 161 Å². The molecule has 1 N–H and O–H groups in total. The third-order valence-electron chi connectivity index (χ3n) is 5.21. The van der Waals surface area contributed by atoms with E-state index in [0.29, 0.717) is 24.6 Å². The van der Waals surface area contributed by atoms with Gasteiger partial charge in [-0.25, -0.2) is 14.2 Å². The average molecular weight is 382 g/mol. The number of carbonyl (C=O) groups is 2. The van der Waals surface area contributed by atoms with E-state index in [1.807, 2.05) is 41.8 Å². The van der Waals surface area contributed by atoms with Crippen LogP contribution in [0.2, 0.25) is 0 Å². The first-order valence-electron chi connectivity index (χ1n) is 9.31. The van der Waals surface area contributed by atoms with Crippen molar-refractivity contribution >= 4 is 17.9 Å². The Kier molecular flexibility index (Phi) is 4.58. The Morgan fingerprint density at radius 1 is 1.29 bits per heavy atom. The largest absolute Gasteiger partial charge is 0.483 e. The van der Waals surface area contributed by atoms with Gasteiger partial charge in [-0.15, -0.1) is 0 Å². The van der Waals surface area contributed by atoms with Crippen LogP contribution in [0.3, 0.4) is 0 Å². The Hall–Kier alpha value is -3.23. The van der Waals surface area contributed by atoms with Crippen molar-refractivity contribution in [2.75, 3.05) is 6.54 Å². The number of rotatable bonds is 2. The van der Waals surface area contributed by atoms with Crippen molar-refractivity contribution in [2.45, 2.75) is 45.2 Å². The van der Waals surface area contributed by atoms with E-state index in [0.717, 1.165) is 22.7 Å². The molecule has 0 bridgehead atoms. The lowest BCUT2D eigenvalue weighted by atomic mass is 10.1. The first-order valence-corrected chi connectivity index (χ1v) is 9.31. The minimum absolute atomic E-state index is 0.00794. The van der Waals surface area contributed by atoms with Crippen LogP contribution in [0.5, 0.6) is 0 Å². The van der Waals surface area contributed by atoms with Gasteiger partial charge in [0.25, 0.3) is 12.4 Å². The fraction of sp³-hybridized carbons (Fsp3) is 0.421. The highest BCUT2D eigenvalue weighted by molar-refractivity contribution is 6.00. The van der Waals surface area contributed by atoms with E-state index in [4.69, 9.17) is 14.9 Å². The van der Waals surface area contributed by atoms with E-state index < -0.39 is 0 Å². The van der Waals surface area contributed by atoms with Crippen molar-refractivity contribution in [3.05, 3.63) is 47.3 Å². The average Bonchev–Trinajstić information content (AvgIpc) is 3.29. The molecule has 0 aromatic carbocycles. The molecule has 146 valence electrons. The summed E-state index contributed by atoms with van der Waals surface area (Å²) < 4.78 is 3.74. The Morgan fingerprint density at radius 3 is 2.75 bits per heavy atom. The first kappa shape index (κ1) is 18.1. The van der Waals surface area contributed by atoms with Gasteiger partial charge in [0.1, 0.15) is 5.82 Å². The molecule has 28 heavy (non-hydrogen) atoms. The summed E-state index contributed by atoms with van der Waals surface area (Å²) in [5.41, 5.74) is 2.59. The molecule has 2 aliphatic rings. The zero-order valence-electron chi connectivity index (χ0n) is 15.8. The Bertz CT molecular complexity index is 1040. The van der Waals surface area contributed by atoms with Gasteiger partial charge in [-0.05, 0) is 38.3 Å². The number of aryl methyl sites for hydroxylation is 1. The van der Waals surface area contributed by atoms with Crippen LogP contribution < -0.4 is 0 Å². The van der Waals surface area contributed by atoms with Crippen molar-refractivity contribution < 1.29 is 14.7 Å². The number of nitrogens with zero attached hydrogens (tertiary/aromatic N) is 6. The van der Waals surface area contributed by atoms with Crippen molar-refractivity contribution in [1.82, 2.24) is 29.3 Å². The summed E-state index contributed by atoms with van der Waals surface area (Å²) in [5.74, 6) is 2.38. The fourth-order valence-corrected chi connectivity index (χ4v) is 3.58. The molecule has 1 fully saturated rings. The summed E-state index contributed by atoms with van der Waals surface area (Å²) >= 11 is 0. The van der Waals surface area contributed by atoms with E-state index >= 15 is 0 Å². The maximum Gasteiger partial charge on any atom is 0.290 e. The number of carboxylic acid groups (broad SMARTS) is 1. The van der Waals surface area contributed by atoms with Crippen molar-refractivity contribution in [2.24, 2.45) is 0 Å². The van der Waals surface area contributed by atoms with E-state index in [1.54, 1.807) is 10.7 Å². The molecule has 0 radical (unpaired) electrons. The highest BCUT2D eigenvalue weighted by Gasteiger charge is 2.35. The monoisotopic (exact) mass is 382 g/mol. The number of hydrogen-bond donors (Lipinski definition) is 1. The van der Waals surface area contributed by atoms with Crippen LogP contribution in [0.25, 0.3) is 5.52 Å². The second-order valence-electron chi connectivity index (χ2n) is 7.20. The number of pyridine rings is 1. The van der Waals surface area contributed by atoms with Crippen LogP contribution in [0.15, 0.2) is 24.5 Å². The van der Waals surface area contributed by atoms with Gasteiger partial charge in [0, 0.05) is 18.7 Å².